The van der Waals surface area contributed by atoms with Gasteiger partial charge >= 0.3 is 0 Å². The van der Waals surface area contributed by atoms with E-state index in [9.17, 15) is 9.59 Å². The van der Waals surface area contributed by atoms with E-state index in [4.69, 9.17) is 11.5 Å². The summed E-state index contributed by atoms with van der Waals surface area (Å²) in [5, 5.41) is 0. The lowest BCUT2D eigenvalue weighted by Crippen LogP contribution is -2.40. The van der Waals surface area contributed by atoms with Crippen molar-refractivity contribution in [3.05, 3.63) is 0 Å². The highest BCUT2D eigenvalue weighted by Crippen LogP contribution is 2.15. The summed E-state index contributed by atoms with van der Waals surface area (Å²) < 4.78 is 0. The van der Waals surface area contributed by atoms with E-state index in [1.165, 1.54) is 0 Å². The third-order valence-electron chi connectivity index (χ3n) is 1.50. The zero-order chi connectivity index (χ0) is 9.94. The maximum atomic E-state index is 10.8. The van der Waals surface area contributed by atoms with E-state index in [1.807, 2.05) is 0 Å². The van der Waals surface area contributed by atoms with Crippen LogP contribution in [0.5, 0.6) is 0 Å². The van der Waals surface area contributed by atoms with Gasteiger partial charge in [0.1, 0.15) is 5.92 Å². The Hall–Kier alpha value is -0.843. The standard InChI is InChI=1S/C7H16N2O2Si/c1-12(2,3)4-5(6(8)10)7(9)11/h5H,4H2,1-3H3,(H2,8,10)(H2,9,11). The summed E-state index contributed by atoms with van der Waals surface area (Å²) in [7, 11) is -1.45. The van der Waals surface area contributed by atoms with E-state index in [-0.39, 0.29) is 0 Å². The van der Waals surface area contributed by atoms with Crippen LogP contribution in [0.25, 0.3) is 0 Å². The van der Waals surface area contributed by atoms with E-state index in [1.54, 1.807) is 0 Å². The lowest BCUT2D eigenvalue weighted by atomic mass is 10.1. The van der Waals surface area contributed by atoms with Gasteiger partial charge < -0.3 is 11.5 Å². The van der Waals surface area contributed by atoms with Gasteiger partial charge in [-0.25, -0.2) is 0 Å². The highest BCUT2D eigenvalue weighted by Gasteiger charge is 2.28. The molecular weight excluding hydrogens is 172 g/mol. The molecule has 0 bridgehead atoms. The normalized spacial score (nSPS) is 11.7. The van der Waals surface area contributed by atoms with Crippen LogP contribution in [0.1, 0.15) is 0 Å². The Bertz CT molecular complexity index is 184. The van der Waals surface area contributed by atoms with Crippen molar-refractivity contribution in [2.75, 3.05) is 0 Å². The van der Waals surface area contributed by atoms with Gasteiger partial charge in [-0.1, -0.05) is 19.6 Å². The summed E-state index contributed by atoms with van der Waals surface area (Å²) in [6.07, 6.45) is 0. The van der Waals surface area contributed by atoms with Gasteiger partial charge in [0.2, 0.25) is 11.8 Å². The van der Waals surface area contributed by atoms with E-state index in [0.29, 0.717) is 6.04 Å². The number of primary amides is 2. The van der Waals surface area contributed by atoms with Crippen molar-refractivity contribution in [1.29, 1.82) is 0 Å². The van der Waals surface area contributed by atoms with Gasteiger partial charge in [-0.05, 0) is 6.04 Å². The molecule has 0 atom stereocenters. The summed E-state index contributed by atoms with van der Waals surface area (Å²) in [5.41, 5.74) is 10.1. The Labute approximate surface area is 73.3 Å². The smallest absolute Gasteiger partial charge is 0.229 e. The van der Waals surface area contributed by atoms with Crippen LogP contribution in [0.2, 0.25) is 25.7 Å². The number of nitrogens with two attached hydrogens (primary N) is 2. The molecule has 0 saturated carbocycles. The minimum Gasteiger partial charge on any atom is -0.369 e. The monoisotopic (exact) mass is 188 g/mol. The summed E-state index contributed by atoms with van der Waals surface area (Å²) in [6.45, 7) is 6.18. The minimum absolute atomic E-state index is 0.539. The van der Waals surface area contributed by atoms with Crippen LogP contribution < -0.4 is 11.5 Å². The number of carbonyl (C=O) groups is 2. The van der Waals surface area contributed by atoms with Crippen LogP contribution in [-0.2, 0) is 9.59 Å². The molecule has 4 nitrogen and oxygen atoms in total. The molecule has 0 heterocycles. The maximum absolute atomic E-state index is 10.8. The first-order valence-corrected chi connectivity index (χ1v) is 7.53. The molecule has 0 aromatic rings. The van der Waals surface area contributed by atoms with Gasteiger partial charge in [0.05, 0.1) is 0 Å². The average Bonchev–Trinajstić information content (AvgIpc) is 1.79. The Balaban J connectivity index is 4.35. The van der Waals surface area contributed by atoms with E-state index >= 15 is 0 Å². The Morgan fingerprint density at radius 3 is 1.58 bits per heavy atom. The summed E-state index contributed by atoms with van der Waals surface area (Å²) in [4.78, 5) is 21.5. The Kier molecular flexibility index (Phi) is 3.45. The first-order valence-electron chi connectivity index (χ1n) is 3.82. The zero-order valence-corrected chi connectivity index (χ0v) is 8.76. The van der Waals surface area contributed by atoms with Gasteiger partial charge in [0.25, 0.3) is 0 Å². The zero-order valence-electron chi connectivity index (χ0n) is 7.76. The van der Waals surface area contributed by atoms with Crippen LogP contribution in [0.15, 0.2) is 0 Å². The van der Waals surface area contributed by atoms with Crippen LogP contribution in [0.3, 0.4) is 0 Å². The van der Waals surface area contributed by atoms with Crippen LogP contribution in [0.4, 0.5) is 0 Å². The number of rotatable bonds is 4. The first kappa shape index (κ1) is 11.2. The lowest BCUT2D eigenvalue weighted by molar-refractivity contribution is -0.130. The topological polar surface area (TPSA) is 86.2 Å². The van der Waals surface area contributed by atoms with Crippen molar-refractivity contribution in [3.8, 4) is 0 Å². The van der Waals surface area contributed by atoms with Crippen molar-refractivity contribution in [1.82, 2.24) is 0 Å². The molecule has 12 heavy (non-hydrogen) atoms. The molecule has 2 amide bonds. The van der Waals surface area contributed by atoms with Crippen molar-refractivity contribution in [3.63, 3.8) is 0 Å². The molecule has 0 aromatic carbocycles. The summed E-state index contributed by atoms with van der Waals surface area (Å²) in [6, 6.07) is 0.539. The molecule has 0 aliphatic rings. The molecule has 0 saturated heterocycles. The maximum Gasteiger partial charge on any atom is 0.229 e. The fraction of sp³-hybridized carbons (Fsp3) is 0.714. The Morgan fingerprint density at radius 2 is 1.50 bits per heavy atom. The van der Waals surface area contributed by atoms with Crippen LogP contribution in [0, 0.1) is 5.92 Å². The number of amides is 2. The van der Waals surface area contributed by atoms with Crippen molar-refractivity contribution < 1.29 is 9.59 Å². The van der Waals surface area contributed by atoms with Crippen molar-refractivity contribution >= 4 is 19.9 Å². The second-order valence-corrected chi connectivity index (χ2v) is 9.65. The largest absolute Gasteiger partial charge is 0.369 e. The molecule has 0 rings (SSSR count). The predicted molar refractivity (Wildman–Crippen MR) is 50.0 cm³/mol. The van der Waals surface area contributed by atoms with Gasteiger partial charge in [-0.2, -0.15) is 0 Å². The third-order valence-corrected chi connectivity index (χ3v) is 3.14. The lowest BCUT2D eigenvalue weighted by Gasteiger charge is -2.19. The molecule has 0 spiro atoms. The molecule has 0 unspecified atom stereocenters. The fourth-order valence-electron chi connectivity index (χ4n) is 0.954. The average molecular weight is 188 g/mol. The predicted octanol–water partition coefficient (Wildman–Crippen LogP) is -0.0886. The second-order valence-electron chi connectivity index (χ2n) is 4.12. The fourth-order valence-corrected chi connectivity index (χ4v) is 2.58. The van der Waals surface area contributed by atoms with Gasteiger partial charge in [0.15, 0.2) is 0 Å². The first-order chi connectivity index (χ1) is 5.24. The third kappa shape index (κ3) is 4.12. The van der Waals surface area contributed by atoms with Gasteiger partial charge in [-0.15, -0.1) is 0 Å². The van der Waals surface area contributed by atoms with Gasteiger partial charge in [0, 0.05) is 8.07 Å². The molecule has 0 fully saturated rings. The van der Waals surface area contributed by atoms with Crippen LogP contribution in [-0.4, -0.2) is 19.9 Å². The molecule has 5 heteroatoms. The quantitative estimate of drug-likeness (QED) is 0.477. The van der Waals surface area contributed by atoms with E-state index in [2.05, 4.69) is 19.6 Å². The van der Waals surface area contributed by atoms with E-state index in [0.717, 1.165) is 0 Å². The highest BCUT2D eigenvalue weighted by molar-refractivity contribution is 6.76. The molecular formula is C7H16N2O2Si. The summed E-state index contributed by atoms with van der Waals surface area (Å²) in [5.74, 6) is -1.99. The summed E-state index contributed by atoms with van der Waals surface area (Å²) >= 11 is 0. The molecule has 0 radical (unpaired) electrons. The van der Waals surface area contributed by atoms with Crippen molar-refractivity contribution in [2.24, 2.45) is 17.4 Å². The highest BCUT2D eigenvalue weighted by atomic mass is 28.3. The van der Waals surface area contributed by atoms with Gasteiger partial charge in [-0.3, -0.25) is 9.59 Å². The SMILES string of the molecule is C[Si](C)(C)CC(C(N)=O)C(N)=O. The number of hydrogen-bond acceptors (Lipinski definition) is 2. The van der Waals surface area contributed by atoms with Crippen LogP contribution >= 0.6 is 0 Å². The molecule has 70 valence electrons. The second kappa shape index (κ2) is 3.71. The number of hydrogen-bond donors (Lipinski definition) is 2. The molecule has 0 aromatic heterocycles. The molecule has 0 aliphatic carbocycles. The van der Waals surface area contributed by atoms with E-state index < -0.39 is 25.8 Å². The molecule has 0 aliphatic heterocycles. The minimum atomic E-state index is -1.45. The molecule has 4 N–H and O–H groups in total. The Morgan fingerprint density at radius 1 is 1.17 bits per heavy atom. The number of carbonyl (C=O) groups excluding carboxylic acids is 2. The van der Waals surface area contributed by atoms with Crippen molar-refractivity contribution in [2.45, 2.75) is 25.7 Å².